The molecule has 0 fully saturated rings. The first-order valence-electron chi connectivity index (χ1n) is 8.31. The van der Waals surface area contributed by atoms with Crippen molar-refractivity contribution in [3.05, 3.63) is 95.6 Å². The van der Waals surface area contributed by atoms with Gasteiger partial charge < -0.3 is 0 Å². The Morgan fingerprint density at radius 1 is 0.714 bits per heavy atom. The van der Waals surface area contributed by atoms with Gasteiger partial charge in [-0.2, -0.15) is 10.2 Å². The summed E-state index contributed by atoms with van der Waals surface area (Å²) in [5.41, 5.74) is 6.89. The summed E-state index contributed by atoms with van der Waals surface area (Å²) in [5.74, 6) is -0.793. The molecule has 0 saturated carbocycles. The summed E-state index contributed by atoms with van der Waals surface area (Å²) in [6.07, 6.45) is 6.08. The molecule has 2 N–H and O–H groups in total. The van der Waals surface area contributed by atoms with Crippen LogP contribution in [0.1, 0.15) is 32.1 Å². The number of nitrogens with zero attached hydrogens (tertiary/aromatic N) is 4. The van der Waals surface area contributed by atoms with E-state index in [0.717, 1.165) is 11.1 Å². The monoisotopic (exact) mass is 372 g/mol. The van der Waals surface area contributed by atoms with Gasteiger partial charge >= 0.3 is 0 Å². The van der Waals surface area contributed by atoms with E-state index in [1.165, 1.54) is 24.8 Å². The molecule has 0 radical (unpaired) electrons. The average Bonchev–Trinajstić information content (AvgIpc) is 2.75. The lowest BCUT2D eigenvalue weighted by atomic mass is 10.1. The van der Waals surface area contributed by atoms with Crippen LogP contribution in [0.2, 0.25) is 0 Å². The lowest BCUT2D eigenvalue weighted by Gasteiger charge is -2.00. The maximum atomic E-state index is 11.9. The molecule has 8 heteroatoms. The van der Waals surface area contributed by atoms with E-state index in [1.54, 1.807) is 42.5 Å². The van der Waals surface area contributed by atoms with Crippen LogP contribution < -0.4 is 10.9 Å². The van der Waals surface area contributed by atoms with Gasteiger partial charge in [0.1, 0.15) is 11.4 Å². The fourth-order valence-electron chi connectivity index (χ4n) is 2.16. The largest absolute Gasteiger partial charge is 0.289 e. The summed E-state index contributed by atoms with van der Waals surface area (Å²) >= 11 is 0. The number of carbonyl (C=O) groups excluding carboxylic acids is 2. The Kier molecular flexibility index (Phi) is 6.30. The van der Waals surface area contributed by atoms with E-state index < -0.39 is 11.8 Å². The molecule has 0 saturated heterocycles. The van der Waals surface area contributed by atoms with Gasteiger partial charge in [-0.3, -0.25) is 19.6 Å². The number of hydrogen-bond acceptors (Lipinski definition) is 6. The zero-order chi connectivity index (χ0) is 19.6. The van der Waals surface area contributed by atoms with E-state index >= 15 is 0 Å². The molecule has 1 aromatic carbocycles. The van der Waals surface area contributed by atoms with Crippen molar-refractivity contribution in [2.75, 3.05) is 0 Å². The smallest absolute Gasteiger partial charge is 0.266 e. The number of pyridine rings is 2. The summed E-state index contributed by atoms with van der Waals surface area (Å²) < 4.78 is 0. The molecule has 2 heterocycles. The average molecular weight is 372 g/mol. The first-order valence-corrected chi connectivity index (χ1v) is 8.31. The van der Waals surface area contributed by atoms with Crippen molar-refractivity contribution in [3.63, 3.8) is 0 Å². The fourth-order valence-corrected chi connectivity index (χ4v) is 2.16. The normalized spacial score (nSPS) is 10.9. The Morgan fingerprint density at radius 2 is 1.21 bits per heavy atom. The second-order valence-electron chi connectivity index (χ2n) is 5.50. The molecular weight excluding hydrogens is 356 g/mol. The Bertz CT molecular complexity index is 925. The molecule has 0 bridgehead atoms. The Balaban J connectivity index is 1.56. The van der Waals surface area contributed by atoms with Crippen molar-refractivity contribution in [1.29, 1.82) is 0 Å². The van der Waals surface area contributed by atoms with Crippen LogP contribution in [-0.4, -0.2) is 34.2 Å². The van der Waals surface area contributed by atoms with E-state index in [0.29, 0.717) is 0 Å². The van der Waals surface area contributed by atoms with Gasteiger partial charge in [0.05, 0.1) is 12.4 Å². The molecule has 0 spiro atoms. The molecular formula is C20H16N6O2. The maximum absolute atomic E-state index is 11.9. The number of benzene rings is 1. The molecule has 3 rings (SSSR count). The standard InChI is InChI=1S/C20H16N6O2/c27-19(17-8-1-3-10-21-17)25-23-13-15-6-5-7-16(12-15)14-24-26-20(28)18-9-2-4-11-22-18/h1-14H,(H,25,27)(H,26,28)/b23-13-,24-14-. The summed E-state index contributed by atoms with van der Waals surface area (Å²) in [5, 5.41) is 7.84. The van der Waals surface area contributed by atoms with Gasteiger partial charge in [-0.05, 0) is 41.5 Å². The highest BCUT2D eigenvalue weighted by Crippen LogP contribution is 2.01. The second kappa shape index (κ2) is 9.48. The van der Waals surface area contributed by atoms with Crippen LogP contribution in [0.25, 0.3) is 0 Å². The highest BCUT2D eigenvalue weighted by molar-refractivity contribution is 5.94. The maximum Gasteiger partial charge on any atom is 0.289 e. The summed E-state index contributed by atoms with van der Waals surface area (Å²) in [6, 6.07) is 17.3. The van der Waals surface area contributed by atoms with Crippen molar-refractivity contribution in [2.24, 2.45) is 10.2 Å². The third kappa shape index (κ3) is 5.40. The Morgan fingerprint density at radius 3 is 1.64 bits per heavy atom. The van der Waals surface area contributed by atoms with E-state index in [-0.39, 0.29) is 11.4 Å². The number of carbonyl (C=O) groups is 2. The van der Waals surface area contributed by atoms with Crippen molar-refractivity contribution >= 4 is 24.2 Å². The zero-order valence-corrected chi connectivity index (χ0v) is 14.7. The predicted octanol–water partition coefficient (Wildman–Crippen LogP) is 2.00. The lowest BCUT2D eigenvalue weighted by Crippen LogP contribution is -2.18. The fraction of sp³-hybridized carbons (Fsp3) is 0. The minimum atomic E-state index is -0.396. The number of hydrogen-bond donors (Lipinski definition) is 2. The van der Waals surface area contributed by atoms with Gasteiger partial charge in [-0.1, -0.05) is 30.3 Å². The molecule has 0 aliphatic rings. The number of aromatic nitrogens is 2. The second-order valence-corrected chi connectivity index (χ2v) is 5.50. The number of rotatable bonds is 6. The molecule has 0 aliphatic heterocycles. The Labute approximate surface area is 161 Å². The van der Waals surface area contributed by atoms with E-state index in [9.17, 15) is 9.59 Å². The molecule has 2 aromatic heterocycles. The minimum absolute atomic E-state index is 0.282. The summed E-state index contributed by atoms with van der Waals surface area (Å²) in [4.78, 5) is 31.6. The molecule has 3 aromatic rings. The molecule has 2 amide bonds. The first kappa shape index (κ1) is 18.6. The molecule has 0 unspecified atom stereocenters. The highest BCUT2D eigenvalue weighted by Gasteiger charge is 2.04. The molecule has 8 nitrogen and oxygen atoms in total. The van der Waals surface area contributed by atoms with E-state index in [2.05, 4.69) is 31.0 Å². The van der Waals surface area contributed by atoms with Crippen molar-refractivity contribution < 1.29 is 9.59 Å². The number of hydrazone groups is 2. The topological polar surface area (TPSA) is 109 Å². The van der Waals surface area contributed by atoms with Crippen molar-refractivity contribution in [3.8, 4) is 0 Å². The SMILES string of the molecule is O=C(N/N=C\c1cccc(/C=N\NC(=O)c2ccccn2)c1)c1ccccn1. The van der Waals surface area contributed by atoms with Crippen LogP contribution in [-0.2, 0) is 0 Å². The van der Waals surface area contributed by atoms with Crippen LogP contribution >= 0.6 is 0 Å². The number of nitrogens with one attached hydrogen (secondary N) is 2. The quantitative estimate of drug-likeness (QED) is 0.509. The van der Waals surface area contributed by atoms with Crippen molar-refractivity contribution in [1.82, 2.24) is 20.8 Å². The lowest BCUT2D eigenvalue weighted by molar-refractivity contribution is 0.0942. The third-order valence-corrected chi connectivity index (χ3v) is 3.47. The van der Waals surface area contributed by atoms with Crippen LogP contribution in [0.3, 0.4) is 0 Å². The first-order chi connectivity index (χ1) is 13.7. The van der Waals surface area contributed by atoms with Crippen molar-refractivity contribution in [2.45, 2.75) is 0 Å². The van der Waals surface area contributed by atoms with Gasteiger partial charge in [-0.25, -0.2) is 10.9 Å². The molecule has 0 aliphatic carbocycles. The number of amides is 2. The van der Waals surface area contributed by atoms with Gasteiger partial charge in [0, 0.05) is 12.4 Å². The molecule has 28 heavy (non-hydrogen) atoms. The van der Waals surface area contributed by atoms with Crippen LogP contribution in [0.15, 0.2) is 83.3 Å². The van der Waals surface area contributed by atoms with Gasteiger partial charge in [0.15, 0.2) is 0 Å². The molecule has 0 atom stereocenters. The minimum Gasteiger partial charge on any atom is -0.266 e. The van der Waals surface area contributed by atoms with E-state index in [4.69, 9.17) is 0 Å². The summed E-state index contributed by atoms with van der Waals surface area (Å²) in [7, 11) is 0. The zero-order valence-electron chi connectivity index (χ0n) is 14.7. The van der Waals surface area contributed by atoms with E-state index in [1.807, 2.05) is 18.2 Å². The summed E-state index contributed by atoms with van der Waals surface area (Å²) in [6.45, 7) is 0. The van der Waals surface area contributed by atoms with Gasteiger partial charge in [0.25, 0.3) is 11.8 Å². The van der Waals surface area contributed by atoms with Gasteiger partial charge in [-0.15, -0.1) is 0 Å². The van der Waals surface area contributed by atoms with Gasteiger partial charge in [0.2, 0.25) is 0 Å². The van der Waals surface area contributed by atoms with Crippen LogP contribution in [0, 0.1) is 0 Å². The Hall–Kier alpha value is -4.20. The van der Waals surface area contributed by atoms with Crippen LogP contribution in [0.5, 0.6) is 0 Å². The van der Waals surface area contributed by atoms with Crippen LogP contribution in [0.4, 0.5) is 0 Å². The predicted molar refractivity (Wildman–Crippen MR) is 105 cm³/mol. The third-order valence-electron chi connectivity index (χ3n) is 3.47. The molecule has 138 valence electrons. The highest BCUT2D eigenvalue weighted by atomic mass is 16.2.